The van der Waals surface area contributed by atoms with Crippen LogP contribution in [0, 0.1) is 12.8 Å². The second kappa shape index (κ2) is 8.30. The number of aryl methyl sites for hydroxylation is 1. The van der Waals surface area contributed by atoms with Gasteiger partial charge in [0.2, 0.25) is 11.9 Å². The molecule has 0 radical (unpaired) electrons. The fourth-order valence-corrected chi connectivity index (χ4v) is 3.44. The summed E-state index contributed by atoms with van der Waals surface area (Å²) in [5, 5.41) is 3.28. The van der Waals surface area contributed by atoms with Crippen LogP contribution in [-0.2, 0) is 4.79 Å². The van der Waals surface area contributed by atoms with Gasteiger partial charge in [-0.1, -0.05) is 26.0 Å². The lowest BCUT2D eigenvalue weighted by Gasteiger charge is -2.33. The molecular weight excluding hydrogens is 324 g/mol. The number of likely N-dealkylation sites (tertiary alicyclic amines) is 1. The van der Waals surface area contributed by atoms with Crippen molar-refractivity contribution in [2.75, 3.05) is 18.4 Å². The summed E-state index contributed by atoms with van der Waals surface area (Å²) in [5.74, 6) is 1.54. The van der Waals surface area contributed by atoms with Crippen LogP contribution in [-0.4, -0.2) is 33.9 Å². The van der Waals surface area contributed by atoms with Gasteiger partial charge in [0, 0.05) is 37.3 Å². The first-order valence-electron chi connectivity index (χ1n) is 9.45. The second-order valence-electron chi connectivity index (χ2n) is 7.58. The molecule has 2 heterocycles. The fraction of sp³-hybridized carbons (Fsp3) is 0.476. The SMILES string of the molecule is Cc1cccc(Nc2nccc(C3CCCN(C(=O)CC(C)C)C3)n2)c1. The van der Waals surface area contributed by atoms with Gasteiger partial charge in [-0.15, -0.1) is 0 Å². The molecule has 1 aromatic heterocycles. The molecule has 0 spiro atoms. The maximum atomic E-state index is 12.4. The molecule has 1 atom stereocenters. The van der Waals surface area contributed by atoms with Crippen molar-refractivity contribution in [3.05, 3.63) is 47.8 Å². The van der Waals surface area contributed by atoms with Crippen LogP contribution < -0.4 is 5.32 Å². The zero-order valence-corrected chi connectivity index (χ0v) is 15.9. The van der Waals surface area contributed by atoms with Gasteiger partial charge in [0.05, 0.1) is 5.69 Å². The maximum absolute atomic E-state index is 12.4. The Hall–Kier alpha value is -2.43. The Labute approximate surface area is 155 Å². The van der Waals surface area contributed by atoms with Crippen LogP contribution >= 0.6 is 0 Å². The number of piperidine rings is 1. The van der Waals surface area contributed by atoms with E-state index in [1.807, 2.05) is 23.1 Å². The van der Waals surface area contributed by atoms with Gasteiger partial charge < -0.3 is 10.2 Å². The van der Waals surface area contributed by atoms with E-state index < -0.39 is 0 Å². The molecule has 0 saturated carbocycles. The Morgan fingerprint density at radius 2 is 2.19 bits per heavy atom. The molecule has 0 bridgehead atoms. The number of carbonyl (C=O) groups is 1. The Morgan fingerprint density at radius 3 is 2.96 bits per heavy atom. The van der Waals surface area contributed by atoms with E-state index in [1.54, 1.807) is 6.20 Å². The fourth-order valence-electron chi connectivity index (χ4n) is 3.44. The third-order valence-electron chi connectivity index (χ3n) is 4.73. The highest BCUT2D eigenvalue weighted by Gasteiger charge is 2.26. The summed E-state index contributed by atoms with van der Waals surface area (Å²) in [4.78, 5) is 23.5. The first kappa shape index (κ1) is 18.4. The summed E-state index contributed by atoms with van der Waals surface area (Å²) >= 11 is 0. The zero-order chi connectivity index (χ0) is 18.5. The van der Waals surface area contributed by atoms with Gasteiger partial charge in [0.25, 0.3) is 0 Å². The lowest BCUT2D eigenvalue weighted by molar-refractivity contribution is -0.133. The molecule has 1 fully saturated rings. The van der Waals surface area contributed by atoms with Crippen molar-refractivity contribution in [3.8, 4) is 0 Å². The van der Waals surface area contributed by atoms with Crippen LogP contribution in [0.3, 0.4) is 0 Å². The number of rotatable bonds is 5. The normalized spacial score (nSPS) is 17.4. The number of anilines is 2. The maximum Gasteiger partial charge on any atom is 0.227 e. The number of carbonyl (C=O) groups excluding carboxylic acids is 1. The molecule has 3 rings (SSSR count). The molecule has 0 aliphatic carbocycles. The number of hydrogen-bond donors (Lipinski definition) is 1. The highest BCUT2D eigenvalue weighted by molar-refractivity contribution is 5.76. The predicted octanol–water partition coefficient (Wildman–Crippen LogP) is 4.28. The molecule has 1 unspecified atom stereocenters. The van der Waals surface area contributed by atoms with E-state index >= 15 is 0 Å². The number of aromatic nitrogens is 2. The number of benzene rings is 1. The van der Waals surface area contributed by atoms with Crippen molar-refractivity contribution >= 4 is 17.5 Å². The van der Waals surface area contributed by atoms with E-state index in [2.05, 4.69) is 43.2 Å². The summed E-state index contributed by atoms with van der Waals surface area (Å²) in [6, 6.07) is 10.1. The van der Waals surface area contributed by atoms with Crippen molar-refractivity contribution in [2.45, 2.75) is 46.0 Å². The second-order valence-corrected chi connectivity index (χ2v) is 7.58. The Balaban J connectivity index is 1.70. The van der Waals surface area contributed by atoms with Crippen molar-refractivity contribution in [2.24, 2.45) is 5.92 Å². The molecule has 1 N–H and O–H groups in total. The van der Waals surface area contributed by atoms with Gasteiger partial charge in [-0.25, -0.2) is 9.97 Å². The molecule has 1 saturated heterocycles. The minimum Gasteiger partial charge on any atom is -0.342 e. The van der Waals surface area contributed by atoms with Crippen LogP contribution in [0.5, 0.6) is 0 Å². The van der Waals surface area contributed by atoms with Crippen LogP contribution in [0.1, 0.15) is 50.3 Å². The predicted molar refractivity (Wildman–Crippen MR) is 105 cm³/mol. The first-order chi connectivity index (χ1) is 12.5. The van der Waals surface area contributed by atoms with Crippen molar-refractivity contribution in [1.82, 2.24) is 14.9 Å². The monoisotopic (exact) mass is 352 g/mol. The van der Waals surface area contributed by atoms with Gasteiger partial charge in [0.15, 0.2) is 0 Å². The van der Waals surface area contributed by atoms with Gasteiger partial charge in [-0.2, -0.15) is 0 Å². The first-order valence-corrected chi connectivity index (χ1v) is 9.45. The van der Waals surface area contributed by atoms with E-state index in [0.717, 1.165) is 37.3 Å². The molecule has 1 aromatic carbocycles. The summed E-state index contributed by atoms with van der Waals surface area (Å²) in [7, 11) is 0. The number of hydrogen-bond acceptors (Lipinski definition) is 4. The van der Waals surface area contributed by atoms with E-state index in [4.69, 9.17) is 4.98 Å². The minimum absolute atomic E-state index is 0.261. The largest absolute Gasteiger partial charge is 0.342 e. The Kier molecular flexibility index (Phi) is 5.86. The Bertz CT molecular complexity index is 759. The average Bonchev–Trinajstić information content (AvgIpc) is 2.61. The topological polar surface area (TPSA) is 58.1 Å². The lowest BCUT2D eigenvalue weighted by Crippen LogP contribution is -2.39. The number of amides is 1. The van der Waals surface area contributed by atoms with Crippen molar-refractivity contribution in [1.29, 1.82) is 0 Å². The van der Waals surface area contributed by atoms with Gasteiger partial charge in [-0.05, 0) is 49.4 Å². The zero-order valence-electron chi connectivity index (χ0n) is 15.9. The molecule has 5 nitrogen and oxygen atoms in total. The molecule has 1 amide bonds. The molecule has 5 heteroatoms. The summed E-state index contributed by atoms with van der Waals surface area (Å²) in [6.07, 6.45) is 4.51. The summed E-state index contributed by atoms with van der Waals surface area (Å²) < 4.78 is 0. The van der Waals surface area contributed by atoms with Crippen molar-refractivity contribution in [3.63, 3.8) is 0 Å². The number of nitrogens with one attached hydrogen (secondary N) is 1. The smallest absolute Gasteiger partial charge is 0.227 e. The van der Waals surface area contributed by atoms with Crippen LogP contribution in [0.25, 0.3) is 0 Å². The van der Waals surface area contributed by atoms with E-state index in [1.165, 1.54) is 5.56 Å². The van der Waals surface area contributed by atoms with Gasteiger partial charge >= 0.3 is 0 Å². The minimum atomic E-state index is 0.261. The van der Waals surface area contributed by atoms with Crippen LogP contribution in [0.15, 0.2) is 36.5 Å². The van der Waals surface area contributed by atoms with Crippen molar-refractivity contribution < 1.29 is 4.79 Å². The molecular formula is C21H28N4O. The van der Waals surface area contributed by atoms with Gasteiger partial charge in [0.1, 0.15) is 0 Å². The van der Waals surface area contributed by atoms with E-state index in [-0.39, 0.29) is 11.8 Å². The summed E-state index contributed by atoms with van der Waals surface area (Å²) in [6.45, 7) is 7.86. The quantitative estimate of drug-likeness (QED) is 0.872. The van der Waals surface area contributed by atoms with Crippen LogP contribution in [0.4, 0.5) is 11.6 Å². The summed E-state index contributed by atoms with van der Waals surface area (Å²) in [5.41, 5.74) is 3.19. The third kappa shape index (κ3) is 4.81. The van der Waals surface area contributed by atoms with E-state index in [9.17, 15) is 4.79 Å². The highest BCUT2D eigenvalue weighted by Crippen LogP contribution is 2.27. The highest BCUT2D eigenvalue weighted by atomic mass is 16.2. The van der Waals surface area contributed by atoms with Gasteiger partial charge in [-0.3, -0.25) is 4.79 Å². The molecule has 26 heavy (non-hydrogen) atoms. The molecule has 1 aliphatic heterocycles. The van der Waals surface area contributed by atoms with E-state index in [0.29, 0.717) is 18.3 Å². The number of nitrogens with zero attached hydrogens (tertiary/aromatic N) is 3. The third-order valence-corrected chi connectivity index (χ3v) is 4.73. The lowest BCUT2D eigenvalue weighted by atomic mass is 9.94. The van der Waals surface area contributed by atoms with Crippen LogP contribution in [0.2, 0.25) is 0 Å². The Morgan fingerprint density at radius 1 is 1.35 bits per heavy atom. The molecule has 2 aromatic rings. The molecule has 138 valence electrons. The standard InChI is InChI=1S/C21H28N4O/c1-15(2)12-20(26)25-11-5-7-17(14-25)19-9-10-22-21(24-19)23-18-8-4-6-16(3)13-18/h4,6,8-10,13,15,17H,5,7,11-12,14H2,1-3H3,(H,22,23,24). The molecule has 1 aliphatic rings. The average molecular weight is 352 g/mol.